The molecule has 3 rings (SSSR count). The average molecular weight is 337 g/mol. The van der Waals surface area contributed by atoms with Crippen molar-refractivity contribution in [2.24, 2.45) is 7.05 Å². The number of rotatable bonds is 2. The molecule has 0 radical (unpaired) electrons. The highest BCUT2D eigenvalue weighted by molar-refractivity contribution is 9.10. The fourth-order valence-electron chi connectivity index (χ4n) is 2.01. The third-order valence-corrected chi connectivity index (χ3v) is 3.81. The van der Waals surface area contributed by atoms with E-state index >= 15 is 0 Å². The Morgan fingerprint density at radius 1 is 1.40 bits per heavy atom. The van der Waals surface area contributed by atoms with E-state index in [2.05, 4.69) is 26.0 Å². The SMILES string of the molecule is Cn1ncc2c(=O)n(Cc3ccc(F)cc3Br)cnc21. The number of aryl methyl sites for hydroxylation is 1. The van der Waals surface area contributed by atoms with Crippen LogP contribution in [0.1, 0.15) is 5.56 Å². The lowest BCUT2D eigenvalue weighted by Gasteiger charge is -2.07. The van der Waals surface area contributed by atoms with Gasteiger partial charge in [-0.25, -0.2) is 9.37 Å². The summed E-state index contributed by atoms with van der Waals surface area (Å²) in [6, 6.07) is 4.37. The Kier molecular flexibility index (Phi) is 3.13. The van der Waals surface area contributed by atoms with Crippen molar-refractivity contribution in [2.45, 2.75) is 6.54 Å². The minimum atomic E-state index is -0.325. The Morgan fingerprint density at radius 2 is 2.20 bits per heavy atom. The number of hydrogen-bond acceptors (Lipinski definition) is 3. The summed E-state index contributed by atoms with van der Waals surface area (Å²) in [7, 11) is 1.73. The summed E-state index contributed by atoms with van der Waals surface area (Å²) in [5.41, 5.74) is 1.18. The lowest BCUT2D eigenvalue weighted by Crippen LogP contribution is -2.21. The maximum atomic E-state index is 13.1. The van der Waals surface area contributed by atoms with Crippen LogP contribution >= 0.6 is 15.9 Å². The summed E-state index contributed by atoms with van der Waals surface area (Å²) in [6.45, 7) is 0.317. The molecule has 2 heterocycles. The highest BCUT2D eigenvalue weighted by atomic mass is 79.9. The molecule has 0 aliphatic heterocycles. The second kappa shape index (κ2) is 4.82. The smallest absolute Gasteiger partial charge is 0.264 e. The summed E-state index contributed by atoms with van der Waals surface area (Å²) in [5.74, 6) is -0.325. The second-order valence-electron chi connectivity index (χ2n) is 4.42. The molecule has 0 amide bonds. The third-order valence-electron chi connectivity index (χ3n) is 3.07. The summed E-state index contributed by atoms with van der Waals surface area (Å²) >= 11 is 3.29. The Morgan fingerprint density at radius 3 is 2.95 bits per heavy atom. The first kappa shape index (κ1) is 13.0. The molecule has 0 N–H and O–H groups in total. The van der Waals surface area contributed by atoms with Crippen LogP contribution in [0.25, 0.3) is 11.0 Å². The maximum absolute atomic E-state index is 13.1. The molecule has 0 spiro atoms. The van der Waals surface area contributed by atoms with E-state index in [1.54, 1.807) is 17.8 Å². The Labute approximate surface area is 121 Å². The van der Waals surface area contributed by atoms with Gasteiger partial charge in [0, 0.05) is 11.5 Å². The normalized spacial score (nSPS) is 11.2. The number of halogens is 2. The van der Waals surface area contributed by atoms with E-state index in [1.165, 1.54) is 29.2 Å². The first-order valence-corrected chi connectivity index (χ1v) is 6.66. The van der Waals surface area contributed by atoms with E-state index in [0.29, 0.717) is 22.1 Å². The van der Waals surface area contributed by atoms with Crippen LogP contribution in [0.3, 0.4) is 0 Å². The highest BCUT2D eigenvalue weighted by Crippen LogP contribution is 2.18. The van der Waals surface area contributed by atoms with Crippen molar-refractivity contribution in [3.63, 3.8) is 0 Å². The van der Waals surface area contributed by atoms with Gasteiger partial charge in [-0.3, -0.25) is 14.0 Å². The Bertz CT molecular complexity index is 855. The van der Waals surface area contributed by atoms with Gasteiger partial charge in [-0.1, -0.05) is 22.0 Å². The molecular weight excluding hydrogens is 327 g/mol. The molecule has 0 saturated heterocycles. The Hall–Kier alpha value is -2.02. The molecule has 0 bridgehead atoms. The van der Waals surface area contributed by atoms with Crippen molar-refractivity contribution in [3.8, 4) is 0 Å². The molecule has 5 nitrogen and oxygen atoms in total. The highest BCUT2D eigenvalue weighted by Gasteiger charge is 2.09. The van der Waals surface area contributed by atoms with Gasteiger partial charge in [-0.2, -0.15) is 5.10 Å². The van der Waals surface area contributed by atoms with E-state index < -0.39 is 0 Å². The molecule has 0 fully saturated rings. The van der Waals surface area contributed by atoms with Crippen molar-refractivity contribution in [1.29, 1.82) is 0 Å². The van der Waals surface area contributed by atoms with Crippen molar-refractivity contribution in [3.05, 3.63) is 56.9 Å². The largest absolute Gasteiger partial charge is 0.294 e. The predicted molar refractivity (Wildman–Crippen MR) is 76.0 cm³/mol. The lowest BCUT2D eigenvalue weighted by molar-refractivity contribution is 0.624. The molecule has 0 aliphatic rings. The van der Waals surface area contributed by atoms with Crippen molar-refractivity contribution >= 4 is 27.0 Å². The summed E-state index contributed by atoms with van der Waals surface area (Å²) in [6.07, 6.45) is 2.98. The van der Waals surface area contributed by atoms with E-state index in [9.17, 15) is 9.18 Å². The van der Waals surface area contributed by atoms with Gasteiger partial charge in [0.05, 0.1) is 12.7 Å². The number of benzene rings is 1. The van der Waals surface area contributed by atoms with Gasteiger partial charge in [-0.15, -0.1) is 0 Å². The summed E-state index contributed by atoms with van der Waals surface area (Å²) in [5, 5.41) is 4.48. The number of aromatic nitrogens is 4. The number of hydrogen-bond donors (Lipinski definition) is 0. The zero-order valence-corrected chi connectivity index (χ0v) is 12.1. The van der Waals surface area contributed by atoms with Crippen LogP contribution in [-0.4, -0.2) is 19.3 Å². The molecule has 3 aromatic rings. The van der Waals surface area contributed by atoms with Crippen LogP contribution in [0.5, 0.6) is 0 Å². The lowest BCUT2D eigenvalue weighted by atomic mass is 10.2. The van der Waals surface area contributed by atoms with Crippen LogP contribution < -0.4 is 5.56 Å². The zero-order chi connectivity index (χ0) is 14.3. The van der Waals surface area contributed by atoms with Crippen molar-refractivity contribution in [1.82, 2.24) is 19.3 Å². The fraction of sp³-hybridized carbons (Fsp3) is 0.154. The van der Waals surface area contributed by atoms with Gasteiger partial charge in [0.15, 0.2) is 5.65 Å². The molecule has 0 saturated carbocycles. The quantitative estimate of drug-likeness (QED) is 0.720. The first-order chi connectivity index (χ1) is 9.56. The van der Waals surface area contributed by atoms with Gasteiger partial charge in [0.25, 0.3) is 5.56 Å². The standard InChI is InChI=1S/C13H10BrFN4O/c1-18-12-10(5-17-18)13(20)19(7-16-12)6-8-2-3-9(15)4-11(8)14/h2-5,7H,6H2,1H3. The van der Waals surface area contributed by atoms with Gasteiger partial charge >= 0.3 is 0 Å². The minimum Gasteiger partial charge on any atom is -0.294 e. The first-order valence-electron chi connectivity index (χ1n) is 5.87. The summed E-state index contributed by atoms with van der Waals surface area (Å²) < 4.78 is 16.7. The van der Waals surface area contributed by atoms with Crippen molar-refractivity contribution < 1.29 is 4.39 Å². The molecule has 2 aromatic heterocycles. The predicted octanol–water partition coefficient (Wildman–Crippen LogP) is 2.08. The molecule has 0 unspecified atom stereocenters. The topological polar surface area (TPSA) is 52.7 Å². The van der Waals surface area contributed by atoms with E-state index in [-0.39, 0.29) is 11.4 Å². The summed E-state index contributed by atoms with van der Waals surface area (Å²) in [4.78, 5) is 16.5. The molecule has 1 aromatic carbocycles. The molecule has 7 heteroatoms. The van der Waals surface area contributed by atoms with Crippen LogP contribution in [-0.2, 0) is 13.6 Å². The fourth-order valence-corrected chi connectivity index (χ4v) is 2.49. The molecule has 102 valence electrons. The van der Waals surface area contributed by atoms with Crippen molar-refractivity contribution in [2.75, 3.05) is 0 Å². The number of nitrogens with zero attached hydrogens (tertiary/aromatic N) is 4. The van der Waals surface area contributed by atoms with E-state index in [4.69, 9.17) is 0 Å². The zero-order valence-electron chi connectivity index (χ0n) is 10.5. The molecule has 0 atom stereocenters. The van der Waals surface area contributed by atoms with Crippen LogP contribution in [0.2, 0.25) is 0 Å². The third kappa shape index (κ3) is 2.14. The minimum absolute atomic E-state index is 0.167. The monoisotopic (exact) mass is 336 g/mol. The van der Waals surface area contributed by atoms with E-state index in [0.717, 1.165) is 5.56 Å². The number of fused-ring (bicyclic) bond motifs is 1. The van der Waals surface area contributed by atoms with Gasteiger partial charge in [0.2, 0.25) is 0 Å². The van der Waals surface area contributed by atoms with Gasteiger partial charge in [-0.05, 0) is 17.7 Å². The van der Waals surface area contributed by atoms with Crippen LogP contribution in [0.15, 0.2) is 40.0 Å². The molecular formula is C13H10BrFN4O. The van der Waals surface area contributed by atoms with E-state index in [1.807, 2.05) is 0 Å². The maximum Gasteiger partial charge on any atom is 0.264 e. The van der Waals surface area contributed by atoms with Crippen LogP contribution in [0.4, 0.5) is 4.39 Å². The van der Waals surface area contributed by atoms with Crippen LogP contribution in [0, 0.1) is 5.82 Å². The average Bonchev–Trinajstić information content (AvgIpc) is 2.78. The van der Waals surface area contributed by atoms with Gasteiger partial charge < -0.3 is 0 Å². The second-order valence-corrected chi connectivity index (χ2v) is 5.27. The Balaban J connectivity index is 2.07. The van der Waals surface area contributed by atoms with Gasteiger partial charge in [0.1, 0.15) is 17.5 Å². The molecule has 20 heavy (non-hydrogen) atoms. The molecule has 0 aliphatic carbocycles.